The van der Waals surface area contributed by atoms with Gasteiger partial charge in [-0.15, -0.1) is 0 Å². The zero-order valence-electron chi connectivity index (χ0n) is 19.0. The van der Waals surface area contributed by atoms with E-state index in [2.05, 4.69) is 28.2 Å². The van der Waals surface area contributed by atoms with E-state index in [1.54, 1.807) is 0 Å². The van der Waals surface area contributed by atoms with Crippen LogP contribution < -0.4 is 9.80 Å². The van der Waals surface area contributed by atoms with Gasteiger partial charge < -0.3 is 9.80 Å². The Labute approximate surface area is 181 Å². The van der Waals surface area contributed by atoms with Crippen molar-refractivity contribution in [2.24, 2.45) is 11.8 Å². The highest BCUT2D eigenvalue weighted by atomic mass is 16.1. The lowest BCUT2D eigenvalue weighted by atomic mass is 9.88. The van der Waals surface area contributed by atoms with Crippen LogP contribution in [-0.2, 0) is 0 Å². The van der Waals surface area contributed by atoms with Crippen LogP contribution in [0.3, 0.4) is 0 Å². The van der Waals surface area contributed by atoms with Gasteiger partial charge in [-0.3, -0.25) is 9.59 Å². The van der Waals surface area contributed by atoms with Crippen LogP contribution in [0.5, 0.6) is 0 Å². The van der Waals surface area contributed by atoms with Crippen LogP contribution in [0.15, 0.2) is 60.7 Å². The lowest BCUT2D eigenvalue weighted by Crippen LogP contribution is -3.06. The highest BCUT2D eigenvalue weighted by Crippen LogP contribution is 2.19. The van der Waals surface area contributed by atoms with Crippen LogP contribution in [0.4, 0.5) is 0 Å². The molecular formula is C26H38N2O2+2. The molecule has 0 saturated carbocycles. The topological polar surface area (TPSA) is 43.0 Å². The number of Topliss-reactive ketones (excluding diaryl/α,β-unsaturated/α-hetero) is 2. The van der Waals surface area contributed by atoms with E-state index < -0.39 is 0 Å². The molecular weight excluding hydrogens is 372 g/mol. The molecule has 2 rings (SSSR count). The van der Waals surface area contributed by atoms with Gasteiger partial charge >= 0.3 is 0 Å². The number of ketones is 2. The number of carbonyl (C=O) groups excluding carboxylic acids is 2. The average Bonchev–Trinajstić information content (AvgIpc) is 2.74. The summed E-state index contributed by atoms with van der Waals surface area (Å²) >= 11 is 0. The van der Waals surface area contributed by atoms with Gasteiger partial charge in [0, 0.05) is 11.1 Å². The van der Waals surface area contributed by atoms with Gasteiger partial charge in [0.2, 0.25) is 0 Å². The second-order valence-electron chi connectivity index (χ2n) is 8.96. The lowest BCUT2D eigenvalue weighted by Gasteiger charge is -2.20. The summed E-state index contributed by atoms with van der Waals surface area (Å²) in [4.78, 5) is 28.5. The normalized spacial score (nSPS) is 13.4. The minimum atomic E-state index is 0.0279. The number of rotatable bonds is 13. The smallest absolute Gasteiger partial charge is 0.171 e. The molecule has 0 radical (unpaired) electrons. The molecule has 0 saturated heterocycles. The van der Waals surface area contributed by atoms with Gasteiger partial charge in [0.15, 0.2) is 11.6 Å². The standard InChI is InChI=1S/C26H36N2O2/c1-27(2)19-23(25(29)21-13-7-5-8-14-21)17-11-12-18-24(20-28(3)4)26(30)22-15-9-6-10-16-22/h5-10,13-16,23-24H,11-12,17-20H2,1-4H3/p+2. The number of unbranched alkanes of at least 4 members (excludes halogenated alkanes) is 1. The number of hydrogen-bond acceptors (Lipinski definition) is 2. The molecule has 2 atom stereocenters. The van der Waals surface area contributed by atoms with E-state index in [0.717, 1.165) is 49.9 Å². The molecule has 30 heavy (non-hydrogen) atoms. The first-order chi connectivity index (χ1) is 14.4. The van der Waals surface area contributed by atoms with Crippen molar-refractivity contribution in [3.8, 4) is 0 Å². The second-order valence-corrected chi connectivity index (χ2v) is 8.96. The maximum absolute atomic E-state index is 13.0. The van der Waals surface area contributed by atoms with Gasteiger partial charge in [-0.05, 0) is 12.8 Å². The molecule has 0 aliphatic heterocycles. The SMILES string of the molecule is C[NH+](C)CC(CCCCC(C[NH+](C)C)C(=O)c1ccccc1)C(=O)c1ccccc1. The molecule has 2 aromatic carbocycles. The largest absolute Gasteiger partial charge is 0.339 e. The first-order valence-corrected chi connectivity index (χ1v) is 11.1. The van der Waals surface area contributed by atoms with Crippen LogP contribution in [0.1, 0.15) is 46.4 Å². The fourth-order valence-electron chi connectivity index (χ4n) is 4.10. The third-order valence-corrected chi connectivity index (χ3v) is 5.52. The summed E-state index contributed by atoms with van der Waals surface area (Å²) in [5.41, 5.74) is 1.61. The monoisotopic (exact) mass is 410 g/mol. The van der Waals surface area contributed by atoms with Gasteiger partial charge in [-0.1, -0.05) is 73.5 Å². The first kappa shape index (κ1) is 24.0. The minimum absolute atomic E-state index is 0.0279. The summed E-state index contributed by atoms with van der Waals surface area (Å²) in [6.07, 6.45) is 3.69. The second kappa shape index (κ2) is 12.4. The molecule has 4 heteroatoms. The minimum Gasteiger partial charge on any atom is -0.339 e. The fraction of sp³-hybridized carbons (Fsp3) is 0.462. The lowest BCUT2D eigenvalue weighted by molar-refractivity contribution is -0.861. The number of carbonyl (C=O) groups is 2. The molecule has 2 aromatic rings. The third-order valence-electron chi connectivity index (χ3n) is 5.52. The number of quaternary nitrogens is 2. The summed E-state index contributed by atoms with van der Waals surface area (Å²) < 4.78 is 0. The predicted octanol–water partition coefficient (Wildman–Crippen LogP) is 1.83. The maximum Gasteiger partial charge on any atom is 0.171 e. The van der Waals surface area contributed by atoms with E-state index in [-0.39, 0.29) is 23.4 Å². The molecule has 2 unspecified atom stereocenters. The summed E-state index contributed by atoms with van der Waals surface area (Å²) in [7, 11) is 8.39. The Balaban J connectivity index is 1.95. The summed E-state index contributed by atoms with van der Waals surface area (Å²) in [6, 6.07) is 19.2. The zero-order chi connectivity index (χ0) is 21.9. The van der Waals surface area contributed by atoms with E-state index in [1.807, 2.05) is 60.7 Å². The van der Waals surface area contributed by atoms with Crippen LogP contribution in [-0.4, -0.2) is 52.8 Å². The van der Waals surface area contributed by atoms with Crippen molar-refractivity contribution >= 4 is 11.6 Å². The number of benzene rings is 2. The van der Waals surface area contributed by atoms with E-state index in [4.69, 9.17) is 0 Å². The van der Waals surface area contributed by atoms with Crippen molar-refractivity contribution in [3.63, 3.8) is 0 Å². The Morgan fingerprint density at radius 2 is 0.967 bits per heavy atom. The van der Waals surface area contributed by atoms with Crippen LogP contribution >= 0.6 is 0 Å². The Morgan fingerprint density at radius 1 is 0.633 bits per heavy atom. The third kappa shape index (κ3) is 7.85. The molecule has 4 nitrogen and oxygen atoms in total. The summed E-state index contributed by atoms with van der Waals surface area (Å²) in [6.45, 7) is 1.67. The summed E-state index contributed by atoms with van der Waals surface area (Å²) in [5, 5.41) is 0. The van der Waals surface area contributed by atoms with Crippen molar-refractivity contribution in [1.82, 2.24) is 0 Å². The van der Waals surface area contributed by atoms with Crippen LogP contribution in [0.25, 0.3) is 0 Å². The van der Waals surface area contributed by atoms with Crippen LogP contribution in [0.2, 0.25) is 0 Å². The molecule has 0 spiro atoms. The quantitative estimate of drug-likeness (QED) is 0.391. The zero-order valence-corrected chi connectivity index (χ0v) is 19.0. The van der Waals surface area contributed by atoms with E-state index in [1.165, 1.54) is 9.80 Å². The highest BCUT2D eigenvalue weighted by molar-refractivity contribution is 5.98. The van der Waals surface area contributed by atoms with Gasteiger partial charge in [-0.2, -0.15) is 0 Å². The molecule has 2 N–H and O–H groups in total. The molecule has 0 amide bonds. The number of hydrogen-bond donors (Lipinski definition) is 2. The highest BCUT2D eigenvalue weighted by Gasteiger charge is 2.25. The average molecular weight is 411 g/mol. The Morgan fingerprint density at radius 3 is 1.27 bits per heavy atom. The van der Waals surface area contributed by atoms with Crippen molar-refractivity contribution < 1.29 is 19.4 Å². The Bertz CT molecular complexity index is 705. The molecule has 0 bridgehead atoms. The molecule has 0 fully saturated rings. The van der Waals surface area contributed by atoms with Gasteiger partial charge in [-0.25, -0.2) is 0 Å². The Hall–Kier alpha value is -2.30. The van der Waals surface area contributed by atoms with Gasteiger partial charge in [0.05, 0.1) is 53.1 Å². The van der Waals surface area contributed by atoms with Gasteiger partial charge in [0.25, 0.3) is 0 Å². The van der Waals surface area contributed by atoms with Crippen molar-refractivity contribution in [1.29, 1.82) is 0 Å². The van der Waals surface area contributed by atoms with Gasteiger partial charge in [0.1, 0.15) is 0 Å². The fourth-order valence-corrected chi connectivity index (χ4v) is 4.10. The number of nitrogens with one attached hydrogen (secondary N) is 2. The van der Waals surface area contributed by atoms with Crippen molar-refractivity contribution in [2.75, 3.05) is 41.3 Å². The first-order valence-electron chi connectivity index (χ1n) is 11.1. The van der Waals surface area contributed by atoms with E-state index >= 15 is 0 Å². The molecule has 0 aliphatic rings. The molecule has 0 aromatic heterocycles. The van der Waals surface area contributed by atoms with Crippen LogP contribution in [0, 0.1) is 11.8 Å². The molecule has 0 heterocycles. The predicted molar refractivity (Wildman–Crippen MR) is 122 cm³/mol. The molecule has 0 aliphatic carbocycles. The molecule has 162 valence electrons. The summed E-state index contributed by atoms with van der Waals surface area (Å²) in [5.74, 6) is 0.540. The Kier molecular flexibility index (Phi) is 9.92. The van der Waals surface area contributed by atoms with Crippen molar-refractivity contribution in [3.05, 3.63) is 71.8 Å². The van der Waals surface area contributed by atoms with E-state index in [0.29, 0.717) is 0 Å². The van der Waals surface area contributed by atoms with Crippen molar-refractivity contribution in [2.45, 2.75) is 25.7 Å². The van der Waals surface area contributed by atoms with E-state index in [9.17, 15) is 9.59 Å². The maximum atomic E-state index is 13.0.